The van der Waals surface area contributed by atoms with Crippen molar-refractivity contribution >= 4 is 17.7 Å². The number of furan rings is 1. The zero-order valence-corrected chi connectivity index (χ0v) is 11.4. The predicted molar refractivity (Wildman–Crippen MR) is 77.0 cm³/mol. The Kier molecular flexibility index (Phi) is 4.98. The first-order chi connectivity index (χ1) is 10.2. The van der Waals surface area contributed by atoms with E-state index in [1.807, 2.05) is 6.07 Å². The third-order valence-corrected chi connectivity index (χ3v) is 2.86. The average Bonchev–Trinajstić information content (AvgIpc) is 2.99. The molecule has 6 heteroatoms. The lowest BCUT2D eigenvalue weighted by molar-refractivity contribution is -0.136. The number of hydrogen-bond acceptors (Lipinski definition) is 3. The molecule has 0 spiro atoms. The lowest BCUT2D eigenvalue weighted by atomic mass is 10.2. The number of nitrogens with zero attached hydrogens (tertiary/aromatic N) is 1. The highest BCUT2D eigenvalue weighted by Crippen LogP contribution is 2.14. The van der Waals surface area contributed by atoms with Crippen LogP contribution in [0.1, 0.15) is 12.2 Å². The van der Waals surface area contributed by atoms with E-state index in [2.05, 4.69) is 5.32 Å². The number of rotatable bonds is 6. The van der Waals surface area contributed by atoms with E-state index in [1.165, 1.54) is 11.2 Å². The topological polar surface area (TPSA) is 82.8 Å². The van der Waals surface area contributed by atoms with Crippen molar-refractivity contribution in [3.05, 3.63) is 54.5 Å². The van der Waals surface area contributed by atoms with Gasteiger partial charge in [0.15, 0.2) is 0 Å². The van der Waals surface area contributed by atoms with Gasteiger partial charge in [0.25, 0.3) is 0 Å². The molecule has 2 amide bonds. The lowest BCUT2D eigenvalue weighted by Gasteiger charge is -2.22. The van der Waals surface area contributed by atoms with E-state index in [0.717, 1.165) is 0 Å². The smallest absolute Gasteiger partial charge is 0.322 e. The summed E-state index contributed by atoms with van der Waals surface area (Å²) in [5, 5.41) is 11.5. The summed E-state index contributed by atoms with van der Waals surface area (Å²) in [7, 11) is 0. The van der Waals surface area contributed by atoms with Crippen molar-refractivity contribution in [2.24, 2.45) is 0 Å². The van der Waals surface area contributed by atoms with Crippen LogP contribution >= 0.6 is 0 Å². The summed E-state index contributed by atoms with van der Waals surface area (Å²) in [6.07, 6.45) is 1.41. The highest BCUT2D eigenvalue weighted by atomic mass is 16.4. The summed E-state index contributed by atoms with van der Waals surface area (Å²) < 4.78 is 5.14. The molecule has 6 nitrogen and oxygen atoms in total. The van der Waals surface area contributed by atoms with Crippen LogP contribution in [0.5, 0.6) is 0 Å². The number of nitrogens with one attached hydrogen (secondary N) is 1. The van der Waals surface area contributed by atoms with Crippen LogP contribution in [0.2, 0.25) is 0 Å². The number of carboxylic acids is 1. The fraction of sp³-hybridized carbons (Fsp3) is 0.200. The molecular formula is C15H16N2O4. The monoisotopic (exact) mass is 288 g/mol. The minimum absolute atomic E-state index is 0.101. The van der Waals surface area contributed by atoms with Crippen LogP contribution < -0.4 is 10.2 Å². The molecule has 2 aromatic rings. The number of carbonyl (C=O) groups is 2. The molecule has 0 aliphatic heterocycles. The molecular weight excluding hydrogens is 272 g/mol. The third kappa shape index (κ3) is 4.38. The Hall–Kier alpha value is -2.76. The number of aliphatic carboxylic acids is 1. The Bertz CT molecular complexity index is 581. The number of amides is 2. The average molecular weight is 288 g/mol. The largest absolute Gasteiger partial charge is 0.481 e. The Labute approximate surface area is 122 Å². The first kappa shape index (κ1) is 14.6. The molecule has 0 aliphatic carbocycles. The summed E-state index contributed by atoms with van der Waals surface area (Å²) in [5.41, 5.74) is 0.649. The molecule has 110 valence electrons. The predicted octanol–water partition coefficient (Wildman–Crippen LogP) is 2.47. The van der Waals surface area contributed by atoms with E-state index in [-0.39, 0.29) is 25.5 Å². The van der Waals surface area contributed by atoms with Crippen LogP contribution in [0, 0.1) is 0 Å². The SMILES string of the molecule is O=C(O)CCN(C(=O)NCc1ccco1)c1ccccc1. The zero-order chi connectivity index (χ0) is 15.1. The standard InChI is InChI=1S/C15H16N2O4/c18-14(19)8-9-17(12-5-2-1-3-6-12)15(20)16-11-13-7-4-10-21-13/h1-7,10H,8-9,11H2,(H,16,20)(H,18,19). The second-order valence-electron chi connectivity index (χ2n) is 4.37. The minimum Gasteiger partial charge on any atom is -0.481 e. The normalized spacial score (nSPS) is 10.1. The summed E-state index contributed by atoms with van der Waals surface area (Å²) in [6.45, 7) is 0.353. The molecule has 0 unspecified atom stereocenters. The van der Waals surface area contributed by atoms with E-state index < -0.39 is 5.97 Å². The fourth-order valence-corrected chi connectivity index (χ4v) is 1.83. The molecule has 1 heterocycles. The van der Waals surface area contributed by atoms with Crippen LogP contribution in [-0.4, -0.2) is 23.7 Å². The quantitative estimate of drug-likeness (QED) is 0.855. The van der Waals surface area contributed by atoms with Crippen LogP contribution in [0.4, 0.5) is 10.5 Å². The van der Waals surface area contributed by atoms with Crippen LogP contribution in [0.3, 0.4) is 0 Å². The van der Waals surface area contributed by atoms with Crippen molar-refractivity contribution in [2.45, 2.75) is 13.0 Å². The van der Waals surface area contributed by atoms with Gasteiger partial charge in [-0.05, 0) is 24.3 Å². The number of urea groups is 1. The Balaban J connectivity index is 2.03. The van der Waals surface area contributed by atoms with E-state index >= 15 is 0 Å². The van der Waals surface area contributed by atoms with Gasteiger partial charge in [-0.1, -0.05) is 18.2 Å². The van der Waals surface area contributed by atoms with Gasteiger partial charge in [0.2, 0.25) is 0 Å². The summed E-state index contributed by atoms with van der Waals surface area (Å²) in [5.74, 6) is -0.315. The molecule has 0 saturated carbocycles. The number of anilines is 1. The number of carboxylic acid groups (broad SMARTS) is 1. The van der Waals surface area contributed by atoms with Crippen molar-refractivity contribution in [3.8, 4) is 0 Å². The lowest BCUT2D eigenvalue weighted by Crippen LogP contribution is -2.40. The summed E-state index contributed by atoms with van der Waals surface area (Å²) in [4.78, 5) is 24.4. The maximum atomic E-state index is 12.2. The van der Waals surface area contributed by atoms with Crippen molar-refractivity contribution in [2.75, 3.05) is 11.4 Å². The second-order valence-corrected chi connectivity index (χ2v) is 4.37. The van der Waals surface area contributed by atoms with Gasteiger partial charge in [-0.25, -0.2) is 4.79 Å². The number of benzene rings is 1. The van der Waals surface area contributed by atoms with Gasteiger partial charge in [-0.2, -0.15) is 0 Å². The number of carbonyl (C=O) groups excluding carboxylic acids is 1. The van der Waals surface area contributed by atoms with E-state index in [0.29, 0.717) is 11.4 Å². The zero-order valence-electron chi connectivity index (χ0n) is 11.4. The van der Waals surface area contributed by atoms with Gasteiger partial charge in [-0.3, -0.25) is 9.69 Å². The molecule has 1 aromatic carbocycles. The van der Waals surface area contributed by atoms with Gasteiger partial charge < -0.3 is 14.8 Å². The van der Waals surface area contributed by atoms with Crippen molar-refractivity contribution in [1.82, 2.24) is 5.32 Å². The highest BCUT2D eigenvalue weighted by Gasteiger charge is 2.16. The van der Waals surface area contributed by atoms with E-state index in [9.17, 15) is 9.59 Å². The Morgan fingerprint density at radius 1 is 1.14 bits per heavy atom. The second kappa shape index (κ2) is 7.14. The summed E-state index contributed by atoms with van der Waals surface area (Å²) in [6, 6.07) is 12.1. The maximum absolute atomic E-state index is 12.2. The molecule has 0 aliphatic rings. The van der Waals surface area contributed by atoms with Gasteiger partial charge in [0.1, 0.15) is 5.76 Å². The van der Waals surface area contributed by atoms with E-state index in [4.69, 9.17) is 9.52 Å². The third-order valence-electron chi connectivity index (χ3n) is 2.86. The van der Waals surface area contributed by atoms with Crippen molar-refractivity contribution < 1.29 is 19.1 Å². The van der Waals surface area contributed by atoms with Crippen LogP contribution in [0.15, 0.2) is 53.1 Å². The van der Waals surface area contributed by atoms with Crippen LogP contribution in [0.25, 0.3) is 0 Å². The van der Waals surface area contributed by atoms with Gasteiger partial charge in [0.05, 0.1) is 19.2 Å². The molecule has 0 bridgehead atoms. The van der Waals surface area contributed by atoms with E-state index in [1.54, 1.807) is 36.4 Å². The molecule has 1 aromatic heterocycles. The molecule has 0 radical (unpaired) electrons. The van der Waals surface area contributed by atoms with Crippen molar-refractivity contribution in [1.29, 1.82) is 0 Å². The van der Waals surface area contributed by atoms with Gasteiger partial charge in [-0.15, -0.1) is 0 Å². The molecule has 0 atom stereocenters. The molecule has 0 saturated heterocycles. The minimum atomic E-state index is -0.949. The Morgan fingerprint density at radius 2 is 1.90 bits per heavy atom. The highest BCUT2D eigenvalue weighted by molar-refractivity contribution is 5.92. The molecule has 0 fully saturated rings. The first-order valence-corrected chi connectivity index (χ1v) is 6.51. The number of para-hydroxylation sites is 1. The summed E-state index contributed by atoms with van der Waals surface area (Å²) >= 11 is 0. The first-order valence-electron chi connectivity index (χ1n) is 6.51. The Morgan fingerprint density at radius 3 is 2.52 bits per heavy atom. The van der Waals surface area contributed by atoms with Gasteiger partial charge in [0, 0.05) is 12.2 Å². The fourth-order valence-electron chi connectivity index (χ4n) is 1.83. The van der Waals surface area contributed by atoms with Gasteiger partial charge >= 0.3 is 12.0 Å². The van der Waals surface area contributed by atoms with Crippen molar-refractivity contribution in [3.63, 3.8) is 0 Å². The number of hydrogen-bond donors (Lipinski definition) is 2. The molecule has 2 rings (SSSR count). The molecule has 2 N–H and O–H groups in total. The maximum Gasteiger partial charge on any atom is 0.322 e. The van der Waals surface area contributed by atoms with Crippen LogP contribution in [-0.2, 0) is 11.3 Å². The molecule has 21 heavy (non-hydrogen) atoms.